The van der Waals surface area contributed by atoms with Crippen molar-refractivity contribution in [2.45, 2.75) is 74.9 Å². The van der Waals surface area contributed by atoms with Crippen LogP contribution in [0.15, 0.2) is 11.2 Å². The molecule has 2 unspecified atom stereocenters. The number of carbonyl (C=O) groups is 1. The summed E-state index contributed by atoms with van der Waals surface area (Å²) < 4.78 is 19.0. The molecule has 0 aromatic carbocycles. The number of rotatable bonds is 11. The van der Waals surface area contributed by atoms with Crippen molar-refractivity contribution in [2.75, 3.05) is 6.61 Å². The summed E-state index contributed by atoms with van der Waals surface area (Å²) >= 11 is 3.73. The normalized spacial score (nSPS) is 24.4. The molecule has 0 saturated heterocycles. The van der Waals surface area contributed by atoms with Gasteiger partial charge in [-0.3, -0.25) is 4.79 Å². The van der Waals surface area contributed by atoms with Gasteiger partial charge in [0.2, 0.25) is 0 Å². The maximum Gasteiger partial charge on any atom is 0.305 e. The highest BCUT2D eigenvalue weighted by Crippen LogP contribution is 2.54. The van der Waals surface area contributed by atoms with Crippen LogP contribution in [0.5, 0.6) is 0 Å². The molecule has 0 amide bonds. The molecule has 0 aliphatic carbocycles. The van der Waals surface area contributed by atoms with Crippen LogP contribution in [-0.4, -0.2) is 15.8 Å². The second kappa shape index (κ2) is 10.9. The van der Waals surface area contributed by atoms with E-state index in [1.165, 1.54) is 31.0 Å². The summed E-state index contributed by atoms with van der Waals surface area (Å²) in [4.78, 5) is 11.4. The van der Waals surface area contributed by atoms with Gasteiger partial charge in [0, 0.05) is 11.8 Å². The van der Waals surface area contributed by atoms with Gasteiger partial charge in [0.25, 0.3) is 0 Å². The Morgan fingerprint density at radius 2 is 1.95 bits per heavy atom. The zero-order valence-electron chi connectivity index (χ0n) is 13.7. The van der Waals surface area contributed by atoms with Crippen molar-refractivity contribution in [3.05, 3.63) is 11.2 Å². The molecule has 1 aliphatic rings. The SMILES string of the molecule is CCCCCCC1(CCCCC(=O)OCC)C=C(F)SC1I. The third-order valence-corrected chi connectivity index (χ3v) is 7.17. The maximum atomic E-state index is 13.7. The first-order valence-corrected chi connectivity index (χ1v) is 10.5. The van der Waals surface area contributed by atoms with E-state index < -0.39 is 0 Å². The second-order valence-electron chi connectivity index (χ2n) is 5.94. The van der Waals surface area contributed by atoms with Crippen LogP contribution in [0.25, 0.3) is 0 Å². The number of alkyl halides is 1. The minimum absolute atomic E-state index is 0.0275. The fourth-order valence-corrected chi connectivity index (χ4v) is 5.45. The van der Waals surface area contributed by atoms with Crippen LogP contribution >= 0.6 is 34.4 Å². The van der Waals surface area contributed by atoms with E-state index >= 15 is 0 Å². The second-order valence-corrected chi connectivity index (χ2v) is 9.13. The van der Waals surface area contributed by atoms with Crippen molar-refractivity contribution >= 4 is 40.3 Å². The number of unbranched alkanes of at least 4 members (excludes halogenated alkanes) is 4. The molecule has 0 saturated carbocycles. The van der Waals surface area contributed by atoms with Crippen LogP contribution in [0.4, 0.5) is 4.39 Å². The van der Waals surface area contributed by atoms with Gasteiger partial charge < -0.3 is 4.74 Å². The van der Waals surface area contributed by atoms with Crippen LogP contribution < -0.4 is 0 Å². The number of thioether (sulfide) groups is 1. The molecule has 1 rings (SSSR count). The molecule has 0 spiro atoms. The summed E-state index contributed by atoms with van der Waals surface area (Å²) in [5, 5.41) is -0.0275. The lowest BCUT2D eigenvalue weighted by Gasteiger charge is -2.30. The minimum Gasteiger partial charge on any atom is -0.466 e. The minimum atomic E-state index is -0.118. The molecule has 5 heteroatoms. The Morgan fingerprint density at radius 3 is 2.50 bits per heavy atom. The summed E-state index contributed by atoms with van der Waals surface area (Å²) in [7, 11) is 0. The van der Waals surface area contributed by atoms with E-state index in [1.54, 1.807) is 0 Å². The summed E-state index contributed by atoms with van der Waals surface area (Å²) in [5.41, 5.74) is -0.0300. The number of carbonyl (C=O) groups excluding carboxylic acids is 1. The van der Waals surface area contributed by atoms with Gasteiger partial charge in [0.15, 0.2) is 5.16 Å². The van der Waals surface area contributed by atoms with Crippen molar-refractivity contribution in [1.29, 1.82) is 0 Å². The molecular formula is C17H28FIO2S. The van der Waals surface area contributed by atoms with E-state index in [1.807, 2.05) is 13.0 Å². The molecule has 0 bridgehead atoms. The molecule has 2 atom stereocenters. The Kier molecular flexibility index (Phi) is 10.0. The van der Waals surface area contributed by atoms with Gasteiger partial charge in [-0.1, -0.05) is 73.4 Å². The molecule has 2 nitrogen and oxygen atoms in total. The smallest absolute Gasteiger partial charge is 0.305 e. The summed E-state index contributed by atoms with van der Waals surface area (Å²) in [6, 6.07) is 0. The molecule has 1 aliphatic heterocycles. The standard InChI is InChI=1S/C17H28FIO2S/c1-3-5-6-8-11-17(13-14(18)22-16(17)19)12-9-7-10-15(20)21-4-2/h13,16H,3-12H2,1-2H3. The van der Waals surface area contributed by atoms with Gasteiger partial charge >= 0.3 is 5.97 Å². The first kappa shape index (κ1) is 20.3. The summed E-state index contributed by atoms with van der Waals surface area (Å²) in [6.07, 6.45) is 11.0. The molecule has 0 fully saturated rings. The van der Waals surface area contributed by atoms with E-state index in [0.29, 0.717) is 13.0 Å². The fraction of sp³-hybridized carbons (Fsp3) is 0.824. The number of esters is 1. The zero-order valence-corrected chi connectivity index (χ0v) is 16.7. The van der Waals surface area contributed by atoms with Crippen LogP contribution in [-0.2, 0) is 9.53 Å². The quantitative estimate of drug-likeness (QED) is 0.161. The van der Waals surface area contributed by atoms with Crippen LogP contribution in [0.1, 0.15) is 71.6 Å². The summed E-state index contributed by atoms with van der Waals surface area (Å²) in [6.45, 7) is 4.48. The number of ether oxygens (including phenoxy) is 1. The topological polar surface area (TPSA) is 26.3 Å². The van der Waals surface area contributed by atoms with Gasteiger partial charge in [0.05, 0.1) is 9.86 Å². The van der Waals surface area contributed by atoms with E-state index in [0.717, 1.165) is 32.1 Å². The highest BCUT2D eigenvalue weighted by Gasteiger charge is 2.41. The largest absolute Gasteiger partial charge is 0.466 e. The predicted molar refractivity (Wildman–Crippen MR) is 101 cm³/mol. The van der Waals surface area contributed by atoms with Gasteiger partial charge in [-0.25, -0.2) is 0 Å². The molecule has 22 heavy (non-hydrogen) atoms. The molecule has 0 aromatic heterocycles. The van der Waals surface area contributed by atoms with Crippen molar-refractivity contribution < 1.29 is 13.9 Å². The van der Waals surface area contributed by atoms with E-state index in [4.69, 9.17) is 4.74 Å². The third kappa shape index (κ3) is 6.77. The van der Waals surface area contributed by atoms with Gasteiger partial charge in [-0.05, 0) is 32.3 Å². The van der Waals surface area contributed by atoms with Crippen molar-refractivity contribution in [1.82, 2.24) is 0 Å². The highest BCUT2D eigenvalue weighted by atomic mass is 127. The molecule has 0 radical (unpaired) electrons. The van der Waals surface area contributed by atoms with Gasteiger partial charge in [-0.15, -0.1) is 0 Å². The number of hydrogen-bond acceptors (Lipinski definition) is 3. The zero-order chi connectivity index (χ0) is 16.4. The summed E-state index contributed by atoms with van der Waals surface area (Å²) in [5.74, 6) is -0.118. The van der Waals surface area contributed by atoms with Crippen molar-refractivity contribution in [2.24, 2.45) is 5.41 Å². The van der Waals surface area contributed by atoms with Crippen LogP contribution in [0.3, 0.4) is 0 Å². The number of allylic oxidation sites excluding steroid dienone is 1. The number of hydrogen-bond donors (Lipinski definition) is 0. The molecule has 0 aromatic rings. The monoisotopic (exact) mass is 442 g/mol. The van der Waals surface area contributed by atoms with Gasteiger partial charge in [-0.2, -0.15) is 4.39 Å². The predicted octanol–water partition coefficient (Wildman–Crippen LogP) is 6.39. The lowest BCUT2D eigenvalue weighted by molar-refractivity contribution is -0.143. The Labute approximate surface area is 152 Å². The average Bonchev–Trinajstić information content (AvgIpc) is 2.75. The van der Waals surface area contributed by atoms with Crippen molar-refractivity contribution in [3.63, 3.8) is 0 Å². The average molecular weight is 442 g/mol. The Balaban J connectivity index is 2.44. The van der Waals surface area contributed by atoms with Crippen LogP contribution in [0.2, 0.25) is 0 Å². The highest BCUT2D eigenvalue weighted by molar-refractivity contribution is 14.1. The molecule has 1 heterocycles. The van der Waals surface area contributed by atoms with E-state index in [2.05, 4.69) is 29.5 Å². The molecular weight excluding hydrogens is 414 g/mol. The lowest BCUT2D eigenvalue weighted by atomic mass is 9.80. The first-order valence-electron chi connectivity index (χ1n) is 8.38. The molecule has 0 N–H and O–H groups in total. The third-order valence-electron chi connectivity index (χ3n) is 4.14. The van der Waals surface area contributed by atoms with Crippen molar-refractivity contribution in [3.8, 4) is 0 Å². The Hall–Kier alpha value is 0.220. The van der Waals surface area contributed by atoms with E-state index in [-0.39, 0.29) is 19.8 Å². The Bertz CT molecular complexity index is 376. The molecule has 128 valence electrons. The first-order chi connectivity index (χ1) is 10.5. The lowest BCUT2D eigenvalue weighted by Crippen LogP contribution is -2.24. The van der Waals surface area contributed by atoms with E-state index in [9.17, 15) is 9.18 Å². The Morgan fingerprint density at radius 1 is 1.27 bits per heavy atom. The fourth-order valence-electron chi connectivity index (χ4n) is 2.88. The van der Waals surface area contributed by atoms with Crippen LogP contribution in [0, 0.1) is 5.41 Å². The maximum absolute atomic E-state index is 13.7. The van der Waals surface area contributed by atoms with Gasteiger partial charge in [0.1, 0.15) is 0 Å². The number of halogens is 2.